The first kappa shape index (κ1) is 14.8. The molecule has 0 spiro atoms. The molecular formula is C18H23N3O. The Morgan fingerprint density at radius 1 is 1.27 bits per heavy atom. The number of likely N-dealkylation sites (tertiary alicyclic amines) is 1. The SMILES string of the molecule is Cc1n[nH]c(C)c1CN1C[C@@](C)(c2ccccc2)CCC1=O. The molecule has 0 saturated carbocycles. The monoisotopic (exact) mass is 297 g/mol. The molecule has 4 nitrogen and oxygen atoms in total. The average molecular weight is 297 g/mol. The predicted molar refractivity (Wildman–Crippen MR) is 86.5 cm³/mol. The Hall–Kier alpha value is -2.10. The van der Waals surface area contributed by atoms with E-state index in [1.807, 2.05) is 24.8 Å². The van der Waals surface area contributed by atoms with E-state index in [2.05, 4.69) is 41.4 Å². The standard InChI is InChI=1S/C18H23N3O/c1-13-16(14(2)20-19-13)11-21-12-18(3,10-9-17(21)22)15-7-5-4-6-8-15/h4-8H,9-12H2,1-3H3,(H,19,20)/t18-/m0/s1. The van der Waals surface area contributed by atoms with Crippen LogP contribution in [0.3, 0.4) is 0 Å². The van der Waals surface area contributed by atoms with Crippen LogP contribution in [0.25, 0.3) is 0 Å². The highest BCUT2D eigenvalue weighted by atomic mass is 16.2. The molecule has 0 unspecified atom stereocenters. The minimum absolute atomic E-state index is 0.0285. The molecule has 1 aromatic heterocycles. The number of hydrogen-bond acceptors (Lipinski definition) is 2. The van der Waals surface area contributed by atoms with Crippen molar-refractivity contribution in [3.63, 3.8) is 0 Å². The van der Waals surface area contributed by atoms with Crippen LogP contribution >= 0.6 is 0 Å². The van der Waals surface area contributed by atoms with E-state index in [0.29, 0.717) is 13.0 Å². The summed E-state index contributed by atoms with van der Waals surface area (Å²) in [5, 5.41) is 7.24. The van der Waals surface area contributed by atoms with Crippen molar-refractivity contribution in [1.29, 1.82) is 0 Å². The molecule has 116 valence electrons. The van der Waals surface area contributed by atoms with Gasteiger partial charge < -0.3 is 4.90 Å². The quantitative estimate of drug-likeness (QED) is 0.946. The summed E-state index contributed by atoms with van der Waals surface area (Å²) in [6.45, 7) is 7.68. The number of benzene rings is 1. The number of hydrogen-bond donors (Lipinski definition) is 1. The summed E-state index contributed by atoms with van der Waals surface area (Å²) in [7, 11) is 0. The number of aromatic nitrogens is 2. The van der Waals surface area contributed by atoms with E-state index < -0.39 is 0 Å². The predicted octanol–water partition coefficient (Wildman–Crippen LogP) is 3.11. The molecule has 0 radical (unpaired) electrons. The van der Waals surface area contributed by atoms with E-state index in [9.17, 15) is 4.79 Å². The number of aryl methyl sites for hydroxylation is 2. The van der Waals surface area contributed by atoms with Gasteiger partial charge >= 0.3 is 0 Å². The molecule has 2 heterocycles. The van der Waals surface area contributed by atoms with Crippen LogP contribution < -0.4 is 0 Å². The topological polar surface area (TPSA) is 49.0 Å². The van der Waals surface area contributed by atoms with Crippen molar-refractivity contribution in [2.75, 3.05) is 6.54 Å². The molecule has 22 heavy (non-hydrogen) atoms. The van der Waals surface area contributed by atoms with Gasteiger partial charge in [0.25, 0.3) is 0 Å². The molecule has 0 aliphatic carbocycles. The lowest BCUT2D eigenvalue weighted by Crippen LogP contribution is -2.47. The number of rotatable bonds is 3. The second kappa shape index (κ2) is 5.59. The maximum absolute atomic E-state index is 12.4. The minimum atomic E-state index is 0.0285. The molecule has 1 aliphatic heterocycles. The first-order chi connectivity index (χ1) is 10.5. The van der Waals surface area contributed by atoms with Gasteiger partial charge in [-0.2, -0.15) is 5.10 Å². The van der Waals surface area contributed by atoms with Crippen molar-refractivity contribution in [2.24, 2.45) is 0 Å². The van der Waals surface area contributed by atoms with Crippen LogP contribution in [0.4, 0.5) is 0 Å². The Bertz CT molecular complexity index is 657. The first-order valence-corrected chi connectivity index (χ1v) is 7.83. The van der Waals surface area contributed by atoms with Crippen molar-refractivity contribution in [3.05, 3.63) is 52.8 Å². The van der Waals surface area contributed by atoms with Gasteiger partial charge in [-0.15, -0.1) is 0 Å². The number of nitrogens with one attached hydrogen (secondary N) is 1. The summed E-state index contributed by atoms with van der Waals surface area (Å²) in [5.74, 6) is 0.244. The molecule has 0 bridgehead atoms. The number of carbonyl (C=O) groups excluding carboxylic acids is 1. The van der Waals surface area contributed by atoms with Crippen LogP contribution in [0.1, 0.15) is 42.3 Å². The summed E-state index contributed by atoms with van der Waals surface area (Å²) in [6.07, 6.45) is 1.52. The number of H-pyrrole nitrogens is 1. The summed E-state index contributed by atoms with van der Waals surface area (Å²) < 4.78 is 0. The van der Waals surface area contributed by atoms with Gasteiger partial charge in [0.05, 0.1) is 5.69 Å². The van der Waals surface area contributed by atoms with Crippen molar-refractivity contribution >= 4 is 5.91 Å². The van der Waals surface area contributed by atoms with Crippen molar-refractivity contribution in [2.45, 2.75) is 45.6 Å². The molecule has 4 heteroatoms. The van der Waals surface area contributed by atoms with Crippen molar-refractivity contribution < 1.29 is 4.79 Å². The number of carbonyl (C=O) groups is 1. The third kappa shape index (κ3) is 2.65. The highest BCUT2D eigenvalue weighted by Crippen LogP contribution is 2.34. The largest absolute Gasteiger partial charge is 0.337 e. The van der Waals surface area contributed by atoms with Gasteiger partial charge in [0.2, 0.25) is 5.91 Å². The lowest BCUT2D eigenvalue weighted by Gasteiger charge is -2.40. The second-order valence-electron chi connectivity index (χ2n) is 6.59. The summed E-state index contributed by atoms with van der Waals surface area (Å²) in [6, 6.07) is 10.5. The van der Waals surface area contributed by atoms with E-state index in [4.69, 9.17) is 0 Å². The van der Waals surface area contributed by atoms with Gasteiger partial charge in [0.15, 0.2) is 0 Å². The Balaban J connectivity index is 1.84. The Kier molecular flexibility index (Phi) is 3.77. The normalized spacial score (nSPS) is 22.1. The van der Waals surface area contributed by atoms with Crippen LogP contribution in [-0.2, 0) is 16.8 Å². The van der Waals surface area contributed by atoms with E-state index in [-0.39, 0.29) is 11.3 Å². The summed E-state index contributed by atoms with van der Waals surface area (Å²) >= 11 is 0. The molecule has 1 fully saturated rings. The zero-order valence-electron chi connectivity index (χ0n) is 13.5. The Morgan fingerprint density at radius 2 is 2.00 bits per heavy atom. The fourth-order valence-electron chi connectivity index (χ4n) is 3.35. The molecular weight excluding hydrogens is 274 g/mol. The van der Waals surface area contributed by atoms with E-state index in [0.717, 1.165) is 29.9 Å². The highest BCUT2D eigenvalue weighted by Gasteiger charge is 2.36. The zero-order valence-corrected chi connectivity index (χ0v) is 13.5. The molecule has 1 N–H and O–H groups in total. The molecule has 1 aromatic carbocycles. The fraction of sp³-hybridized carbons (Fsp3) is 0.444. The Labute approximate surface area is 131 Å². The molecule has 1 aliphatic rings. The fourth-order valence-corrected chi connectivity index (χ4v) is 3.35. The third-order valence-corrected chi connectivity index (χ3v) is 4.88. The number of nitrogens with zero attached hydrogens (tertiary/aromatic N) is 2. The van der Waals surface area contributed by atoms with Gasteiger partial charge in [-0.05, 0) is 25.8 Å². The zero-order chi connectivity index (χ0) is 15.7. The molecule has 2 aromatic rings. The second-order valence-corrected chi connectivity index (χ2v) is 6.59. The van der Waals surface area contributed by atoms with Gasteiger partial charge in [0, 0.05) is 36.2 Å². The average Bonchev–Trinajstić information content (AvgIpc) is 2.84. The first-order valence-electron chi connectivity index (χ1n) is 7.83. The van der Waals surface area contributed by atoms with Crippen LogP contribution in [0.2, 0.25) is 0 Å². The number of amides is 1. The van der Waals surface area contributed by atoms with Crippen molar-refractivity contribution in [1.82, 2.24) is 15.1 Å². The van der Waals surface area contributed by atoms with Gasteiger partial charge in [0.1, 0.15) is 0 Å². The third-order valence-electron chi connectivity index (χ3n) is 4.88. The van der Waals surface area contributed by atoms with E-state index in [1.165, 1.54) is 5.56 Å². The summed E-state index contributed by atoms with van der Waals surface area (Å²) in [5.41, 5.74) is 4.52. The van der Waals surface area contributed by atoms with Crippen LogP contribution in [0.5, 0.6) is 0 Å². The van der Waals surface area contributed by atoms with Crippen LogP contribution in [-0.4, -0.2) is 27.5 Å². The Morgan fingerprint density at radius 3 is 2.64 bits per heavy atom. The lowest BCUT2D eigenvalue weighted by molar-refractivity contribution is -0.136. The number of piperidine rings is 1. The maximum Gasteiger partial charge on any atom is 0.222 e. The number of aromatic amines is 1. The van der Waals surface area contributed by atoms with Gasteiger partial charge in [-0.1, -0.05) is 37.3 Å². The van der Waals surface area contributed by atoms with E-state index in [1.54, 1.807) is 0 Å². The maximum atomic E-state index is 12.4. The molecule has 1 saturated heterocycles. The van der Waals surface area contributed by atoms with Gasteiger partial charge in [-0.25, -0.2) is 0 Å². The molecule has 1 atom stereocenters. The van der Waals surface area contributed by atoms with Gasteiger partial charge in [-0.3, -0.25) is 9.89 Å². The smallest absolute Gasteiger partial charge is 0.222 e. The van der Waals surface area contributed by atoms with E-state index >= 15 is 0 Å². The minimum Gasteiger partial charge on any atom is -0.337 e. The van der Waals surface area contributed by atoms with Crippen LogP contribution in [0.15, 0.2) is 30.3 Å². The van der Waals surface area contributed by atoms with Crippen LogP contribution in [0, 0.1) is 13.8 Å². The lowest BCUT2D eigenvalue weighted by atomic mass is 9.75. The van der Waals surface area contributed by atoms with Crippen molar-refractivity contribution in [3.8, 4) is 0 Å². The summed E-state index contributed by atoms with van der Waals surface area (Å²) in [4.78, 5) is 14.3. The highest BCUT2D eigenvalue weighted by molar-refractivity contribution is 5.77. The molecule has 3 rings (SSSR count). The molecule has 1 amide bonds.